The molecule has 0 spiro atoms. The molecule has 2 rings (SSSR count). The van der Waals surface area contributed by atoms with E-state index in [9.17, 15) is 13.6 Å². The lowest BCUT2D eigenvalue weighted by molar-refractivity contribution is 0.0609. The number of nitriles is 1. The molecule has 1 saturated heterocycles. The smallest absolute Gasteiger partial charge is 0.257 e. The van der Waals surface area contributed by atoms with Gasteiger partial charge in [-0.05, 0) is 13.0 Å². The number of hydrogen-bond donors (Lipinski definition) is 0. The molecule has 1 aliphatic heterocycles. The van der Waals surface area contributed by atoms with Gasteiger partial charge >= 0.3 is 0 Å². The van der Waals surface area contributed by atoms with Gasteiger partial charge in [0.15, 0.2) is 5.82 Å². The Bertz CT molecular complexity index is 550. The van der Waals surface area contributed by atoms with Crippen molar-refractivity contribution >= 4 is 5.91 Å². The van der Waals surface area contributed by atoms with Gasteiger partial charge in [0.05, 0.1) is 17.7 Å². The lowest BCUT2D eigenvalue weighted by Crippen LogP contribution is -2.51. The number of carbonyl (C=O) groups is 1. The molecule has 1 fully saturated rings. The summed E-state index contributed by atoms with van der Waals surface area (Å²) in [5.41, 5.74) is -0.306. The average Bonchev–Trinajstić information content (AvgIpc) is 2.48. The molecule has 1 atom stereocenters. The number of hydrogen-bond acceptors (Lipinski definition) is 4. The van der Waals surface area contributed by atoms with Crippen molar-refractivity contribution in [1.29, 1.82) is 5.26 Å². The van der Waals surface area contributed by atoms with Crippen LogP contribution in [-0.2, 0) is 0 Å². The third-order valence-corrected chi connectivity index (χ3v) is 3.41. The molecule has 106 valence electrons. The van der Waals surface area contributed by atoms with E-state index >= 15 is 0 Å². The second-order valence-corrected chi connectivity index (χ2v) is 4.60. The fourth-order valence-electron chi connectivity index (χ4n) is 2.15. The summed E-state index contributed by atoms with van der Waals surface area (Å²) in [6.45, 7) is 3.63. The first-order valence-corrected chi connectivity index (χ1v) is 6.27. The Morgan fingerprint density at radius 2 is 2.05 bits per heavy atom. The third kappa shape index (κ3) is 2.75. The van der Waals surface area contributed by atoms with Crippen molar-refractivity contribution in [3.63, 3.8) is 0 Å². The van der Waals surface area contributed by atoms with E-state index in [0.29, 0.717) is 26.2 Å². The molecule has 0 N–H and O–H groups in total. The molecule has 1 aromatic heterocycles. The monoisotopic (exact) mass is 280 g/mol. The fraction of sp³-hybridized carbons (Fsp3) is 0.462. The van der Waals surface area contributed by atoms with Gasteiger partial charge in [0.1, 0.15) is 0 Å². The molecule has 0 saturated carbocycles. The van der Waals surface area contributed by atoms with Crippen LogP contribution in [0.15, 0.2) is 12.3 Å². The number of aromatic nitrogens is 1. The molecule has 1 amide bonds. The molecule has 1 aromatic rings. The summed E-state index contributed by atoms with van der Waals surface area (Å²) in [5, 5.41) is 8.84. The molecule has 20 heavy (non-hydrogen) atoms. The van der Waals surface area contributed by atoms with Crippen LogP contribution in [0.1, 0.15) is 17.3 Å². The first-order chi connectivity index (χ1) is 9.54. The van der Waals surface area contributed by atoms with Crippen molar-refractivity contribution < 1.29 is 13.6 Å². The van der Waals surface area contributed by atoms with E-state index in [1.54, 1.807) is 6.92 Å². The molecular weight excluding hydrogens is 266 g/mol. The minimum absolute atomic E-state index is 0.220. The topological polar surface area (TPSA) is 60.2 Å². The largest absolute Gasteiger partial charge is 0.336 e. The second kappa shape index (κ2) is 5.92. The van der Waals surface area contributed by atoms with Crippen molar-refractivity contribution in [1.82, 2.24) is 14.8 Å². The highest BCUT2D eigenvalue weighted by molar-refractivity contribution is 5.94. The highest BCUT2D eigenvalue weighted by Gasteiger charge is 2.27. The molecule has 0 bridgehead atoms. The van der Waals surface area contributed by atoms with Gasteiger partial charge in [-0.2, -0.15) is 9.65 Å². The highest BCUT2D eigenvalue weighted by atomic mass is 19.2. The summed E-state index contributed by atoms with van der Waals surface area (Å²) in [5.74, 6) is -3.04. The zero-order valence-corrected chi connectivity index (χ0v) is 11.0. The Morgan fingerprint density at radius 3 is 2.65 bits per heavy atom. The summed E-state index contributed by atoms with van der Waals surface area (Å²) in [6, 6.07) is 3.08. The van der Waals surface area contributed by atoms with Gasteiger partial charge in [-0.1, -0.05) is 0 Å². The van der Waals surface area contributed by atoms with Gasteiger partial charge in [-0.15, -0.1) is 0 Å². The lowest BCUT2D eigenvalue weighted by Gasteiger charge is -2.35. The molecule has 1 aliphatic rings. The van der Waals surface area contributed by atoms with E-state index in [0.717, 1.165) is 6.20 Å². The van der Waals surface area contributed by atoms with E-state index in [2.05, 4.69) is 11.1 Å². The molecule has 0 aromatic carbocycles. The van der Waals surface area contributed by atoms with Gasteiger partial charge in [0.2, 0.25) is 5.95 Å². The van der Waals surface area contributed by atoms with E-state index < -0.39 is 17.7 Å². The van der Waals surface area contributed by atoms with Gasteiger partial charge in [-0.25, -0.2) is 9.37 Å². The summed E-state index contributed by atoms with van der Waals surface area (Å²) in [7, 11) is 0. The number of amides is 1. The number of piperazine rings is 1. The standard InChI is InChI=1S/C13H14F2N4O/c1-9(8-16)18-4-6-19(7-5-18)13(20)10-2-3-17-12(15)11(10)14/h2-3,9H,4-7H2,1H3. The predicted molar refractivity (Wildman–Crippen MR) is 66.7 cm³/mol. The van der Waals surface area contributed by atoms with E-state index in [1.165, 1.54) is 11.0 Å². The lowest BCUT2D eigenvalue weighted by atomic mass is 10.2. The molecule has 5 nitrogen and oxygen atoms in total. The summed E-state index contributed by atoms with van der Waals surface area (Å²) in [4.78, 5) is 18.7. The molecule has 0 radical (unpaired) electrons. The molecule has 0 aliphatic carbocycles. The number of halogens is 2. The first-order valence-electron chi connectivity index (χ1n) is 6.27. The van der Waals surface area contributed by atoms with Crippen LogP contribution >= 0.6 is 0 Å². The van der Waals surface area contributed by atoms with Crippen LogP contribution in [0.25, 0.3) is 0 Å². The molecular formula is C13H14F2N4O. The average molecular weight is 280 g/mol. The Hall–Kier alpha value is -2.07. The Kier molecular flexibility index (Phi) is 4.25. The van der Waals surface area contributed by atoms with Crippen LogP contribution < -0.4 is 0 Å². The second-order valence-electron chi connectivity index (χ2n) is 4.60. The van der Waals surface area contributed by atoms with Crippen LogP contribution in [0, 0.1) is 23.1 Å². The summed E-state index contributed by atoms with van der Waals surface area (Å²) in [6.07, 6.45) is 1.07. The zero-order chi connectivity index (χ0) is 14.7. The van der Waals surface area contributed by atoms with Crippen LogP contribution in [0.3, 0.4) is 0 Å². The minimum atomic E-state index is -1.27. The number of pyridine rings is 1. The quantitative estimate of drug-likeness (QED) is 0.759. The Balaban J connectivity index is 2.06. The van der Waals surface area contributed by atoms with Crippen LogP contribution in [0.5, 0.6) is 0 Å². The van der Waals surface area contributed by atoms with Gasteiger partial charge in [0, 0.05) is 32.4 Å². The van der Waals surface area contributed by atoms with E-state index in [4.69, 9.17) is 5.26 Å². The zero-order valence-electron chi connectivity index (χ0n) is 11.0. The van der Waals surface area contributed by atoms with Crippen LogP contribution in [0.2, 0.25) is 0 Å². The summed E-state index contributed by atoms with van der Waals surface area (Å²) < 4.78 is 26.5. The predicted octanol–water partition coefficient (Wildman–Crippen LogP) is 1.03. The van der Waals surface area contributed by atoms with E-state index in [1.807, 2.05) is 4.90 Å². The van der Waals surface area contributed by atoms with Crippen LogP contribution in [-0.4, -0.2) is 52.9 Å². The fourth-order valence-corrected chi connectivity index (χ4v) is 2.15. The maximum Gasteiger partial charge on any atom is 0.257 e. The van der Waals surface area contributed by atoms with Gasteiger partial charge in [-0.3, -0.25) is 9.69 Å². The Morgan fingerprint density at radius 1 is 1.40 bits per heavy atom. The maximum absolute atomic E-state index is 13.5. The molecule has 1 unspecified atom stereocenters. The highest BCUT2D eigenvalue weighted by Crippen LogP contribution is 2.14. The first kappa shape index (κ1) is 14.3. The Labute approximate surface area is 115 Å². The minimum Gasteiger partial charge on any atom is -0.336 e. The van der Waals surface area contributed by atoms with Crippen LogP contribution in [0.4, 0.5) is 8.78 Å². The maximum atomic E-state index is 13.5. The molecule has 7 heteroatoms. The summed E-state index contributed by atoms with van der Waals surface area (Å²) >= 11 is 0. The number of rotatable bonds is 2. The van der Waals surface area contributed by atoms with Gasteiger partial charge in [0.25, 0.3) is 5.91 Å². The van der Waals surface area contributed by atoms with Crippen molar-refractivity contribution in [2.24, 2.45) is 0 Å². The van der Waals surface area contributed by atoms with Crippen molar-refractivity contribution in [2.75, 3.05) is 26.2 Å². The normalized spacial score (nSPS) is 17.6. The number of carbonyl (C=O) groups excluding carboxylic acids is 1. The molecule has 2 heterocycles. The third-order valence-electron chi connectivity index (χ3n) is 3.41. The number of nitrogens with zero attached hydrogens (tertiary/aromatic N) is 4. The van der Waals surface area contributed by atoms with Crippen molar-refractivity contribution in [2.45, 2.75) is 13.0 Å². The van der Waals surface area contributed by atoms with E-state index in [-0.39, 0.29) is 11.6 Å². The van der Waals surface area contributed by atoms with Crippen molar-refractivity contribution in [3.8, 4) is 6.07 Å². The van der Waals surface area contributed by atoms with Gasteiger partial charge < -0.3 is 4.90 Å². The SMILES string of the molecule is CC(C#N)N1CCN(C(=O)c2ccnc(F)c2F)CC1. The van der Waals surface area contributed by atoms with Crippen molar-refractivity contribution in [3.05, 3.63) is 29.6 Å².